The predicted molar refractivity (Wildman–Crippen MR) is 68.9 cm³/mol. The SMILES string of the molecule is Nc1cc(CO)ccc1O[C@H]1CC(O)C[C@@H](C(=O)O)O1. The van der Waals surface area contributed by atoms with Gasteiger partial charge in [-0.25, -0.2) is 4.79 Å². The van der Waals surface area contributed by atoms with Crippen molar-refractivity contribution in [3.63, 3.8) is 0 Å². The van der Waals surface area contributed by atoms with Crippen LogP contribution >= 0.6 is 0 Å². The third-order valence-electron chi connectivity index (χ3n) is 3.06. The molecule has 2 rings (SSSR count). The Bertz CT molecular complexity index is 492. The first-order valence-corrected chi connectivity index (χ1v) is 6.22. The second-order valence-corrected chi connectivity index (χ2v) is 4.67. The molecular weight excluding hydrogens is 266 g/mol. The molecule has 20 heavy (non-hydrogen) atoms. The summed E-state index contributed by atoms with van der Waals surface area (Å²) < 4.78 is 10.7. The van der Waals surface area contributed by atoms with E-state index in [9.17, 15) is 9.90 Å². The fraction of sp³-hybridized carbons (Fsp3) is 0.462. The maximum atomic E-state index is 10.9. The zero-order chi connectivity index (χ0) is 14.7. The molecule has 5 N–H and O–H groups in total. The summed E-state index contributed by atoms with van der Waals surface area (Å²) in [4.78, 5) is 10.9. The molecule has 1 unspecified atom stereocenters. The van der Waals surface area contributed by atoms with Crippen LogP contribution in [0.2, 0.25) is 0 Å². The first-order valence-electron chi connectivity index (χ1n) is 6.22. The van der Waals surface area contributed by atoms with Crippen LogP contribution in [0.15, 0.2) is 18.2 Å². The highest BCUT2D eigenvalue weighted by molar-refractivity contribution is 5.72. The number of rotatable bonds is 4. The normalized spacial score (nSPS) is 26.2. The Labute approximate surface area is 115 Å². The Morgan fingerprint density at radius 2 is 2.20 bits per heavy atom. The van der Waals surface area contributed by atoms with Gasteiger partial charge in [0.1, 0.15) is 5.75 Å². The number of aliphatic carboxylic acids is 1. The van der Waals surface area contributed by atoms with Crippen LogP contribution in [0.3, 0.4) is 0 Å². The van der Waals surface area contributed by atoms with E-state index < -0.39 is 24.5 Å². The number of aliphatic hydroxyl groups is 2. The third kappa shape index (κ3) is 3.38. The first kappa shape index (κ1) is 14.6. The van der Waals surface area contributed by atoms with Crippen LogP contribution in [0.4, 0.5) is 5.69 Å². The van der Waals surface area contributed by atoms with Gasteiger partial charge >= 0.3 is 5.97 Å². The molecule has 7 heteroatoms. The third-order valence-corrected chi connectivity index (χ3v) is 3.06. The van der Waals surface area contributed by atoms with Crippen molar-refractivity contribution >= 4 is 11.7 Å². The number of benzene rings is 1. The molecule has 1 aromatic carbocycles. The molecule has 0 spiro atoms. The highest BCUT2D eigenvalue weighted by Crippen LogP contribution is 2.28. The van der Waals surface area contributed by atoms with E-state index in [1.807, 2.05) is 0 Å². The van der Waals surface area contributed by atoms with E-state index >= 15 is 0 Å². The second kappa shape index (κ2) is 6.08. The van der Waals surface area contributed by atoms with Gasteiger partial charge in [-0.1, -0.05) is 6.07 Å². The molecule has 0 amide bonds. The minimum Gasteiger partial charge on any atom is -0.479 e. The van der Waals surface area contributed by atoms with Gasteiger partial charge in [0.25, 0.3) is 0 Å². The molecule has 3 atom stereocenters. The summed E-state index contributed by atoms with van der Waals surface area (Å²) >= 11 is 0. The zero-order valence-electron chi connectivity index (χ0n) is 10.7. The second-order valence-electron chi connectivity index (χ2n) is 4.67. The number of anilines is 1. The lowest BCUT2D eigenvalue weighted by Gasteiger charge is -2.31. The van der Waals surface area contributed by atoms with E-state index in [1.54, 1.807) is 18.2 Å². The van der Waals surface area contributed by atoms with E-state index in [0.717, 1.165) is 0 Å². The summed E-state index contributed by atoms with van der Waals surface area (Å²) in [7, 11) is 0. The van der Waals surface area contributed by atoms with Crippen molar-refractivity contribution < 1.29 is 29.6 Å². The van der Waals surface area contributed by atoms with E-state index in [0.29, 0.717) is 17.0 Å². The number of hydrogen-bond acceptors (Lipinski definition) is 6. The van der Waals surface area contributed by atoms with Crippen molar-refractivity contribution in [3.8, 4) is 5.75 Å². The number of carbonyl (C=O) groups is 1. The van der Waals surface area contributed by atoms with Crippen LogP contribution in [0.1, 0.15) is 18.4 Å². The molecule has 1 heterocycles. The fourth-order valence-corrected chi connectivity index (χ4v) is 2.04. The summed E-state index contributed by atoms with van der Waals surface area (Å²) in [5.74, 6) is -0.814. The minimum absolute atomic E-state index is 0.0358. The summed E-state index contributed by atoms with van der Waals surface area (Å²) in [5, 5.41) is 27.5. The van der Waals surface area contributed by atoms with Crippen LogP contribution in [-0.4, -0.2) is 39.8 Å². The van der Waals surface area contributed by atoms with E-state index in [2.05, 4.69) is 0 Å². The molecule has 0 aromatic heterocycles. The Balaban J connectivity index is 2.07. The molecule has 1 aromatic rings. The Morgan fingerprint density at radius 1 is 1.45 bits per heavy atom. The lowest BCUT2D eigenvalue weighted by Crippen LogP contribution is -2.42. The van der Waals surface area contributed by atoms with Gasteiger partial charge in [0.15, 0.2) is 6.10 Å². The molecule has 7 nitrogen and oxygen atoms in total. The van der Waals surface area contributed by atoms with Crippen molar-refractivity contribution in [3.05, 3.63) is 23.8 Å². The number of carboxylic acid groups (broad SMARTS) is 1. The molecule has 1 aliphatic rings. The fourth-order valence-electron chi connectivity index (χ4n) is 2.04. The molecule has 0 radical (unpaired) electrons. The van der Waals surface area contributed by atoms with Crippen molar-refractivity contribution in [2.45, 2.75) is 37.9 Å². The van der Waals surface area contributed by atoms with Crippen LogP contribution in [0, 0.1) is 0 Å². The minimum atomic E-state index is -1.14. The van der Waals surface area contributed by atoms with Crippen LogP contribution < -0.4 is 10.5 Å². The van der Waals surface area contributed by atoms with E-state index in [1.165, 1.54) is 0 Å². The maximum absolute atomic E-state index is 10.9. The van der Waals surface area contributed by atoms with Crippen LogP contribution in [0.25, 0.3) is 0 Å². The molecule has 0 bridgehead atoms. The standard InChI is InChI=1S/C13H17NO6/c14-9-3-7(6-15)1-2-10(9)19-12-5-8(16)4-11(20-12)13(17)18/h1-3,8,11-12,15-16H,4-6,14H2,(H,17,18)/t8?,11-,12+/m0/s1. The molecule has 1 fully saturated rings. The van der Waals surface area contributed by atoms with Crippen molar-refractivity contribution in [1.82, 2.24) is 0 Å². The first-order chi connectivity index (χ1) is 9.49. The number of ether oxygens (including phenoxy) is 2. The average Bonchev–Trinajstić information content (AvgIpc) is 2.40. The summed E-state index contributed by atoms with van der Waals surface area (Å²) in [5.41, 5.74) is 6.73. The largest absolute Gasteiger partial charge is 0.479 e. The number of carboxylic acids is 1. The molecule has 0 aliphatic carbocycles. The van der Waals surface area contributed by atoms with Crippen molar-refractivity contribution in [2.24, 2.45) is 0 Å². The van der Waals surface area contributed by atoms with Crippen LogP contribution in [0.5, 0.6) is 5.75 Å². The van der Waals surface area contributed by atoms with Gasteiger partial charge in [-0.05, 0) is 17.7 Å². The topological polar surface area (TPSA) is 122 Å². The molecule has 110 valence electrons. The van der Waals surface area contributed by atoms with Crippen molar-refractivity contribution in [2.75, 3.05) is 5.73 Å². The monoisotopic (exact) mass is 283 g/mol. The summed E-state index contributed by atoms with van der Waals surface area (Å²) in [6.45, 7) is -0.135. The zero-order valence-corrected chi connectivity index (χ0v) is 10.7. The van der Waals surface area contributed by atoms with E-state index in [-0.39, 0.29) is 19.4 Å². The van der Waals surface area contributed by atoms with Gasteiger partial charge in [-0.2, -0.15) is 0 Å². The quantitative estimate of drug-likeness (QED) is 0.577. The number of nitrogens with two attached hydrogens (primary N) is 1. The lowest BCUT2D eigenvalue weighted by molar-refractivity contribution is -0.195. The van der Waals surface area contributed by atoms with Gasteiger partial charge in [0, 0.05) is 12.8 Å². The van der Waals surface area contributed by atoms with Gasteiger partial charge in [0.2, 0.25) is 6.29 Å². The van der Waals surface area contributed by atoms with Gasteiger partial charge in [0.05, 0.1) is 18.4 Å². The molecule has 0 saturated carbocycles. The van der Waals surface area contributed by atoms with Gasteiger partial charge in [-0.15, -0.1) is 0 Å². The summed E-state index contributed by atoms with van der Waals surface area (Å²) in [6.07, 6.45) is -2.56. The maximum Gasteiger partial charge on any atom is 0.333 e. The Hall–Kier alpha value is -1.83. The highest BCUT2D eigenvalue weighted by atomic mass is 16.7. The number of aliphatic hydroxyl groups excluding tert-OH is 2. The Kier molecular flexibility index (Phi) is 4.43. The number of hydrogen-bond donors (Lipinski definition) is 4. The molecule has 1 saturated heterocycles. The Morgan fingerprint density at radius 3 is 2.80 bits per heavy atom. The highest BCUT2D eigenvalue weighted by Gasteiger charge is 2.34. The predicted octanol–water partition coefficient (Wildman–Crippen LogP) is 0.0905. The van der Waals surface area contributed by atoms with Gasteiger partial charge in [-0.3, -0.25) is 0 Å². The summed E-state index contributed by atoms with van der Waals surface area (Å²) in [6, 6.07) is 4.77. The molecule has 1 aliphatic heterocycles. The van der Waals surface area contributed by atoms with Crippen molar-refractivity contribution in [1.29, 1.82) is 0 Å². The lowest BCUT2D eigenvalue weighted by atomic mass is 10.1. The number of nitrogen functional groups attached to an aromatic ring is 1. The van der Waals surface area contributed by atoms with Crippen LogP contribution in [-0.2, 0) is 16.1 Å². The smallest absolute Gasteiger partial charge is 0.333 e. The van der Waals surface area contributed by atoms with E-state index in [4.69, 9.17) is 25.4 Å². The molecular formula is C13H17NO6. The average molecular weight is 283 g/mol. The van der Waals surface area contributed by atoms with Gasteiger partial charge < -0.3 is 30.5 Å².